The Kier molecular flexibility index (Phi) is 6.44. The molecule has 1 fully saturated rings. The molecule has 22 heavy (non-hydrogen) atoms. The SMILES string of the molecule is CCN(CC)C(=O)C1CC[NH+](C[C@H](C)c2ccccc2)CC1. The second-order valence-corrected chi connectivity index (χ2v) is 6.55. The lowest BCUT2D eigenvalue weighted by Crippen LogP contribution is -3.13. The number of hydrogen-bond acceptors (Lipinski definition) is 1. The molecule has 1 amide bonds. The number of likely N-dealkylation sites (tertiary alicyclic amines) is 1. The van der Waals surface area contributed by atoms with Crippen molar-refractivity contribution in [1.29, 1.82) is 0 Å². The van der Waals surface area contributed by atoms with Crippen LogP contribution < -0.4 is 4.90 Å². The fourth-order valence-corrected chi connectivity index (χ4v) is 3.60. The molecule has 1 aromatic rings. The number of hydrogen-bond donors (Lipinski definition) is 1. The molecule has 0 radical (unpaired) electrons. The van der Waals surface area contributed by atoms with E-state index in [0.29, 0.717) is 11.8 Å². The van der Waals surface area contributed by atoms with Crippen molar-refractivity contribution in [3.63, 3.8) is 0 Å². The molecule has 0 aliphatic carbocycles. The van der Waals surface area contributed by atoms with E-state index in [1.54, 1.807) is 4.90 Å². The Morgan fingerprint density at radius 1 is 1.18 bits per heavy atom. The predicted molar refractivity (Wildman–Crippen MR) is 91.1 cm³/mol. The summed E-state index contributed by atoms with van der Waals surface area (Å²) in [5, 5.41) is 0. The molecule has 3 heteroatoms. The maximum atomic E-state index is 12.4. The van der Waals surface area contributed by atoms with Crippen molar-refractivity contribution >= 4 is 5.91 Å². The lowest BCUT2D eigenvalue weighted by Gasteiger charge is -2.32. The number of amides is 1. The lowest BCUT2D eigenvalue weighted by molar-refractivity contribution is -0.907. The third-order valence-electron chi connectivity index (χ3n) is 5.08. The van der Waals surface area contributed by atoms with Gasteiger partial charge in [-0.2, -0.15) is 0 Å². The fraction of sp³-hybridized carbons (Fsp3) is 0.632. The molecule has 3 nitrogen and oxygen atoms in total. The van der Waals surface area contributed by atoms with Crippen LogP contribution >= 0.6 is 0 Å². The Morgan fingerprint density at radius 3 is 2.32 bits per heavy atom. The summed E-state index contributed by atoms with van der Waals surface area (Å²) in [6.45, 7) is 11.6. The van der Waals surface area contributed by atoms with Crippen LogP contribution in [0, 0.1) is 5.92 Å². The van der Waals surface area contributed by atoms with Gasteiger partial charge in [0.05, 0.1) is 19.6 Å². The van der Waals surface area contributed by atoms with Crippen molar-refractivity contribution in [3.8, 4) is 0 Å². The molecule has 1 aliphatic heterocycles. The maximum Gasteiger partial charge on any atom is 0.226 e. The number of nitrogens with zero attached hydrogens (tertiary/aromatic N) is 1. The minimum atomic E-state index is 0.260. The topological polar surface area (TPSA) is 24.8 Å². The Labute approximate surface area is 135 Å². The number of quaternary nitrogens is 1. The second kappa shape index (κ2) is 8.33. The normalized spacial score (nSPS) is 23.0. The molecular weight excluding hydrogens is 272 g/mol. The molecule has 1 saturated heterocycles. The van der Waals surface area contributed by atoms with Gasteiger partial charge >= 0.3 is 0 Å². The van der Waals surface area contributed by atoms with Crippen molar-refractivity contribution in [2.45, 2.75) is 39.5 Å². The largest absolute Gasteiger partial charge is 0.343 e. The van der Waals surface area contributed by atoms with Gasteiger partial charge in [0.15, 0.2) is 0 Å². The van der Waals surface area contributed by atoms with Crippen molar-refractivity contribution in [1.82, 2.24) is 4.90 Å². The molecule has 2 rings (SSSR count). The second-order valence-electron chi connectivity index (χ2n) is 6.55. The van der Waals surface area contributed by atoms with Gasteiger partial charge in [0.2, 0.25) is 5.91 Å². The first-order chi connectivity index (χ1) is 10.7. The standard InChI is InChI=1S/C19H30N2O/c1-4-21(5-2)19(22)18-11-13-20(14-12-18)15-16(3)17-9-7-6-8-10-17/h6-10,16,18H,4-5,11-15H2,1-3H3/p+1/t16-/m0/s1. The van der Waals surface area contributed by atoms with Crippen LogP contribution in [0.25, 0.3) is 0 Å². The Balaban J connectivity index is 1.81. The highest BCUT2D eigenvalue weighted by Gasteiger charge is 2.30. The van der Waals surface area contributed by atoms with Crippen molar-refractivity contribution < 1.29 is 9.69 Å². The molecule has 1 heterocycles. The quantitative estimate of drug-likeness (QED) is 0.854. The average molecular weight is 303 g/mol. The molecule has 1 aliphatic rings. The molecule has 0 unspecified atom stereocenters. The number of rotatable bonds is 6. The molecule has 0 aromatic heterocycles. The van der Waals surface area contributed by atoms with Crippen LogP contribution in [0.1, 0.15) is 45.1 Å². The zero-order valence-electron chi connectivity index (χ0n) is 14.3. The van der Waals surface area contributed by atoms with Gasteiger partial charge in [-0.1, -0.05) is 37.3 Å². The molecule has 0 saturated carbocycles. The Morgan fingerprint density at radius 2 is 1.77 bits per heavy atom. The summed E-state index contributed by atoms with van der Waals surface area (Å²) in [7, 11) is 0. The first kappa shape index (κ1) is 17.0. The van der Waals surface area contributed by atoms with Crippen LogP contribution in [0.2, 0.25) is 0 Å². The fourth-order valence-electron chi connectivity index (χ4n) is 3.60. The third kappa shape index (κ3) is 4.33. The summed E-state index contributed by atoms with van der Waals surface area (Å²) >= 11 is 0. The molecule has 1 atom stereocenters. The smallest absolute Gasteiger partial charge is 0.226 e. The van der Waals surface area contributed by atoms with E-state index >= 15 is 0 Å². The van der Waals surface area contributed by atoms with Gasteiger partial charge in [-0.3, -0.25) is 4.79 Å². The van der Waals surface area contributed by atoms with Crippen LogP contribution in [-0.2, 0) is 4.79 Å². The average Bonchev–Trinajstić information content (AvgIpc) is 2.57. The highest BCUT2D eigenvalue weighted by Crippen LogP contribution is 2.15. The Hall–Kier alpha value is -1.35. The van der Waals surface area contributed by atoms with Crippen LogP contribution in [0.15, 0.2) is 30.3 Å². The maximum absolute atomic E-state index is 12.4. The van der Waals surface area contributed by atoms with Crippen molar-refractivity contribution in [3.05, 3.63) is 35.9 Å². The van der Waals surface area contributed by atoms with E-state index in [1.165, 1.54) is 12.1 Å². The van der Waals surface area contributed by atoms with Crippen LogP contribution in [0.5, 0.6) is 0 Å². The number of nitrogens with one attached hydrogen (secondary N) is 1. The Bertz CT molecular complexity index is 448. The summed E-state index contributed by atoms with van der Waals surface area (Å²) in [6, 6.07) is 10.8. The number of carbonyl (C=O) groups excluding carboxylic acids is 1. The molecule has 0 spiro atoms. The van der Waals surface area contributed by atoms with Crippen LogP contribution in [0.4, 0.5) is 0 Å². The van der Waals surface area contributed by atoms with Gasteiger partial charge in [-0.15, -0.1) is 0 Å². The molecular formula is C19H31N2O+. The van der Waals surface area contributed by atoms with Crippen LogP contribution in [-0.4, -0.2) is 43.5 Å². The highest BCUT2D eigenvalue weighted by atomic mass is 16.2. The van der Waals surface area contributed by atoms with Gasteiger partial charge in [-0.05, 0) is 19.4 Å². The van der Waals surface area contributed by atoms with Gasteiger partial charge in [0.1, 0.15) is 0 Å². The van der Waals surface area contributed by atoms with Crippen LogP contribution in [0.3, 0.4) is 0 Å². The number of piperidine rings is 1. The summed E-state index contributed by atoms with van der Waals surface area (Å²) in [5.41, 5.74) is 1.43. The zero-order chi connectivity index (χ0) is 15.9. The van der Waals surface area contributed by atoms with E-state index in [1.807, 2.05) is 4.90 Å². The van der Waals surface area contributed by atoms with Gasteiger partial charge in [0.25, 0.3) is 0 Å². The first-order valence-corrected chi connectivity index (χ1v) is 8.83. The van der Waals surface area contributed by atoms with E-state index in [9.17, 15) is 4.79 Å². The third-order valence-corrected chi connectivity index (χ3v) is 5.08. The summed E-state index contributed by atoms with van der Waals surface area (Å²) < 4.78 is 0. The van der Waals surface area contributed by atoms with E-state index in [2.05, 4.69) is 51.1 Å². The van der Waals surface area contributed by atoms with Crippen molar-refractivity contribution in [2.24, 2.45) is 5.92 Å². The number of carbonyl (C=O) groups is 1. The molecule has 0 bridgehead atoms. The van der Waals surface area contributed by atoms with E-state index in [-0.39, 0.29) is 5.92 Å². The molecule has 1 N–H and O–H groups in total. The van der Waals surface area contributed by atoms with E-state index in [4.69, 9.17) is 0 Å². The molecule has 122 valence electrons. The zero-order valence-corrected chi connectivity index (χ0v) is 14.3. The highest BCUT2D eigenvalue weighted by molar-refractivity contribution is 5.78. The van der Waals surface area contributed by atoms with Gasteiger partial charge < -0.3 is 9.80 Å². The van der Waals surface area contributed by atoms with Gasteiger partial charge in [-0.25, -0.2) is 0 Å². The summed E-state index contributed by atoms with van der Waals surface area (Å²) in [6.07, 6.45) is 2.10. The minimum Gasteiger partial charge on any atom is -0.343 e. The van der Waals surface area contributed by atoms with Crippen molar-refractivity contribution in [2.75, 3.05) is 32.7 Å². The predicted octanol–water partition coefficient (Wildman–Crippen LogP) is 1.95. The first-order valence-electron chi connectivity index (χ1n) is 8.83. The summed E-state index contributed by atoms with van der Waals surface area (Å²) in [5.74, 6) is 1.22. The van der Waals surface area contributed by atoms with E-state index in [0.717, 1.165) is 39.0 Å². The summed E-state index contributed by atoms with van der Waals surface area (Å²) in [4.78, 5) is 16.1. The lowest BCUT2D eigenvalue weighted by atomic mass is 9.93. The van der Waals surface area contributed by atoms with Gasteiger partial charge in [0, 0.05) is 37.8 Å². The van der Waals surface area contributed by atoms with E-state index < -0.39 is 0 Å². The minimum absolute atomic E-state index is 0.260. The number of benzene rings is 1. The monoisotopic (exact) mass is 303 g/mol. The molecule has 1 aromatic carbocycles.